The molecule has 1 saturated heterocycles. The fourth-order valence-corrected chi connectivity index (χ4v) is 1.51. The molecule has 0 bridgehead atoms. The van der Waals surface area contributed by atoms with Crippen LogP contribution in [0.25, 0.3) is 0 Å². The average Bonchev–Trinajstić information content (AvgIpc) is 3.11. The molecule has 2 aliphatic rings. The third-order valence-corrected chi connectivity index (χ3v) is 2.72. The van der Waals surface area contributed by atoms with Gasteiger partial charge in [-0.3, -0.25) is 19.6 Å². The van der Waals surface area contributed by atoms with Crippen molar-refractivity contribution in [2.45, 2.75) is 51.7 Å². The van der Waals surface area contributed by atoms with Crippen molar-refractivity contribution in [2.75, 3.05) is 0 Å². The molecule has 9 heteroatoms. The van der Waals surface area contributed by atoms with Crippen molar-refractivity contribution in [3.63, 3.8) is 0 Å². The lowest BCUT2D eigenvalue weighted by Crippen LogP contribution is -2.33. The Morgan fingerprint density at radius 2 is 1.82 bits per heavy atom. The SMILES string of the molecule is CC(C)(C)OC(=O)NC1CC1.O=C(O)C1CC(=O)N(O)C1=O. The molecule has 1 aliphatic carbocycles. The highest BCUT2D eigenvalue weighted by molar-refractivity contribution is 6.11. The van der Waals surface area contributed by atoms with Crippen LogP contribution in [0.5, 0.6) is 0 Å². The molecule has 0 aromatic carbocycles. The lowest BCUT2D eigenvalue weighted by Gasteiger charge is -2.19. The molecule has 1 atom stereocenters. The predicted molar refractivity (Wildman–Crippen MR) is 71.8 cm³/mol. The van der Waals surface area contributed by atoms with Crippen molar-refractivity contribution < 1.29 is 34.2 Å². The lowest BCUT2D eigenvalue weighted by atomic mass is 10.1. The zero-order valence-electron chi connectivity index (χ0n) is 12.7. The minimum Gasteiger partial charge on any atom is -0.481 e. The Labute approximate surface area is 127 Å². The quantitative estimate of drug-likeness (QED) is 0.384. The van der Waals surface area contributed by atoms with E-state index in [1.165, 1.54) is 0 Å². The number of nitrogens with zero attached hydrogens (tertiary/aromatic N) is 1. The van der Waals surface area contributed by atoms with E-state index in [2.05, 4.69) is 5.32 Å². The predicted octanol–water partition coefficient (Wildman–Crippen LogP) is 0.509. The normalized spacial score (nSPS) is 21.1. The molecule has 1 aliphatic heterocycles. The topological polar surface area (TPSA) is 133 Å². The maximum Gasteiger partial charge on any atom is 0.407 e. The van der Waals surface area contributed by atoms with Gasteiger partial charge in [0, 0.05) is 6.04 Å². The lowest BCUT2D eigenvalue weighted by molar-refractivity contribution is -0.173. The number of ether oxygens (including phenoxy) is 1. The summed E-state index contributed by atoms with van der Waals surface area (Å²) in [5.41, 5.74) is -0.376. The Kier molecular flexibility index (Phi) is 5.48. The fraction of sp³-hybridized carbons (Fsp3) is 0.692. The molecule has 1 unspecified atom stereocenters. The molecule has 124 valence electrons. The van der Waals surface area contributed by atoms with Gasteiger partial charge in [-0.25, -0.2) is 4.79 Å². The summed E-state index contributed by atoms with van der Waals surface area (Å²) in [5.74, 6) is -4.74. The summed E-state index contributed by atoms with van der Waals surface area (Å²) in [6.07, 6.45) is 1.45. The Morgan fingerprint density at radius 3 is 2.09 bits per heavy atom. The van der Waals surface area contributed by atoms with E-state index in [0.717, 1.165) is 12.8 Å². The highest BCUT2D eigenvalue weighted by Crippen LogP contribution is 2.19. The highest BCUT2D eigenvalue weighted by atomic mass is 16.6. The number of hydroxylamine groups is 2. The number of imide groups is 1. The third kappa shape index (κ3) is 5.68. The number of amides is 3. The molecule has 9 nitrogen and oxygen atoms in total. The molecule has 3 amide bonds. The van der Waals surface area contributed by atoms with Crippen LogP contribution in [-0.2, 0) is 19.1 Å². The zero-order chi connectivity index (χ0) is 17.1. The largest absolute Gasteiger partial charge is 0.481 e. The van der Waals surface area contributed by atoms with E-state index in [1.807, 2.05) is 20.8 Å². The van der Waals surface area contributed by atoms with Crippen molar-refractivity contribution in [1.82, 2.24) is 10.4 Å². The van der Waals surface area contributed by atoms with Crippen molar-refractivity contribution in [3.05, 3.63) is 0 Å². The summed E-state index contributed by atoms with van der Waals surface area (Å²) >= 11 is 0. The number of hydrogen-bond donors (Lipinski definition) is 3. The van der Waals surface area contributed by atoms with Crippen LogP contribution in [0.4, 0.5) is 4.79 Å². The van der Waals surface area contributed by atoms with Gasteiger partial charge >= 0.3 is 12.1 Å². The molecule has 0 aromatic rings. The van der Waals surface area contributed by atoms with E-state index in [1.54, 1.807) is 0 Å². The summed E-state index contributed by atoms with van der Waals surface area (Å²) in [6, 6.07) is 0.379. The van der Waals surface area contributed by atoms with Gasteiger partial charge in [0.2, 0.25) is 0 Å². The van der Waals surface area contributed by atoms with E-state index >= 15 is 0 Å². The number of nitrogens with one attached hydrogen (secondary N) is 1. The van der Waals surface area contributed by atoms with Gasteiger partial charge in [0.05, 0.1) is 6.42 Å². The second-order valence-corrected chi connectivity index (χ2v) is 6.06. The van der Waals surface area contributed by atoms with Crippen LogP contribution in [0.3, 0.4) is 0 Å². The molecule has 0 aromatic heterocycles. The van der Waals surface area contributed by atoms with Gasteiger partial charge in [0.1, 0.15) is 11.5 Å². The Bertz CT molecular complexity index is 479. The first-order valence-electron chi connectivity index (χ1n) is 6.79. The molecule has 2 rings (SSSR count). The molecule has 0 radical (unpaired) electrons. The van der Waals surface area contributed by atoms with Crippen molar-refractivity contribution >= 4 is 23.9 Å². The van der Waals surface area contributed by atoms with Crippen molar-refractivity contribution in [1.29, 1.82) is 0 Å². The van der Waals surface area contributed by atoms with Gasteiger partial charge in [-0.05, 0) is 33.6 Å². The third-order valence-electron chi connectivity index (χ3n) is 2.72. The standard InChI is InChI=1S/C8H15NO2.C5H5NO5/c1-8(2,3)11-7(10)9-6-4-5-6;7-3-1-2(5(9)10)4(8)6(3)11/h6H,4-5H2,1-3H3,(H,9,10);2,11H,1H2,(H,9,10). The summed E-state index contributed by atoms with van der Waals surface area (Å²) in [4.78, 5) is 42.3. The number of aliphatic carboxylic acids is 1. The number of alkyl carbamates (subject to hydrolysis) is 1. The van der Waals surface area contributed by atoms with Crippen LogP contribution in [0, 0.1) is 5.92 Å². The van der Waals surface area contributed by atoms with Crippen LogP contribution < -0.4 is 5.32 Å². The summed E-state index contributed by atoms with van der Waals surface area (Å²) in [6.45, 7) is 5.58. The van der Waals surface area contributed by atoms with Gasteiger partial charge in [-0.15, -0.1) is 0 Å². The van der Waals surface area contributed by atoms with Crippen LogP contribution in [0.1, 0.15) is 40.0 Å². The van der Waals surface area contributed by atoms with E-state index < -0.39 is 30.1 Å². The maximum atomic E-state index is 11.0. The van der Waals surface area contributed by atoms with E-state index in [0.29, 0.717) is 6.04 Å². The summed E-state index contributed by atoms with van der Waals surface area (Å²) in [5, 5.41) is 19.5. The fourth-order valence-electron chi connectivity index (χ4n) is 1.51. The summed E-state index contributed by atoms with van der Waals surface area (Å²) in [7, 11) is 0. The van der Waals surface area contributed by atoms with Gasteiger partial charge in [0.15, 0.2) is 0 Å². The van der Waals surface area contributed by atoms with Gasteiger partial charge < -0.3 is 15.2 Å². The first-order valence-corrected chi connectivity index (χ1v) is 6.79. The van der Waals surface area contributed by atoms with Crippen molar-refractivity contribution in [3.8, 4) is 0 Å². The first kappa shape index (κ1) is 17.9. The highest BCUT2D eigenvalue weighted by Gasteiger charge is 2.42. The van der Waals surface area contributed by atoms with Gasteiger partial charge in [0.25, 0.3) is 11.8 Å². The van der Waals surface area contributed by atoms with Crippen LogP contribution in [0.15, 0.2) is 0 Å². The zero-order valence-corrected chi connectivity index (χ0v) is 12.7. The Hall–Kier alpha value is -2.16. The number of rotatable bonds is 2. The van der Waals surface area contributed by atoms with E-state index in [9.17, 15) is 19.2 Å². The van der Waals surface area contributed by atoms with E-state index in [4.69, 9.17) is 15.1 Å². The second-order valence-electron chi connectivity index (χ2n) is 6.06. The Balaban J connectivity index is 0.000000220. The molecule has 1 heterocycles. The number of carbonyl (C=O) groups excluding carboxylic acids is 3. The smallest absolute Gasteiger partial charge is 0.407 e. The van der Waals surface area contributed by atoms with Crippen LogP contribution >= 0.6 is 0 Å². The monoisotopic (exact) mass is 316 g/mol. The number of carboxylic acids is 1. The molecular weight excluding hydrogens is 296 g/mol. The molecular formula is C13H20N2O7. The molecule has 1 saturated carbocycles. The van der Waals surface area contributed by atoms with Crippen LogP contribution in [-0.4, -0.2) is 50.9 Å². The average molecular weight is 316 g/mol. The molecule has 2 fully saturated rings. The first-order chi connectivity index (χ1) is 10.0. The molecule has 0 spiro atoms. The van der Waals surface area contributed by atoms with Gasteiger partial charge in [-0.2, -0.15) is 5.06 Å². The molecule has 22 heavy (non-hydrogen) atoms. The summed E-state index contributed by atoms with van der Waals surface area (Å²) < 4.78 is 5.04. The minimum absolute atomic E-state index is 0.154. The van der Waals surface area contributed by atoms with Gasteiger partial charge in [-0.1, -0.05) is 0 Å². The van der Waals surface area contributed by atoms with E-state index in [-0.39, 0.29) is 16.8 Å². The maximum absolute atomic E-state index is 11.0. The second kappa shape index (κ2) is 6.73. The molecule has 3 N–H and O–H groups in total. The number of carboxylic acid groups (broad SMARTS) is 1. The minimum atomic E-state index is -1.41. The van der Waals surface area contributed by atoms with Crippen molar-refractivity contribution in [2.24, 2.45) is 5.92 Å². The van der Waals surface area contributed by atoms with Crippen LogP contribution in [0.2, 0.25) is 0 Å². The number of carbonyl (C=O) groups is 4. The number of hydrogen-bond acceptors (Lipinski definition) is 6. The Morgan fingerprint density at radius 1 is 1.27 bits per heavy atom.